The third-order valence-corrected chi connectivity index (χ3v) is 4.46. The highest BCUT2D eigenvalue weighted by atomic mass is 32.2. The molecule has 0 aliphatic rings. The van der Waals surface area contributed by atoms with E-state index in [9.17, 15) is 18.4 Å². The molecule has 0 fully saturated rings. The number of nitrogens with two attached hydrogens (primary N) is 1. The van der Waals surface area contributed by atoms with Crippen LogP contribution in [0.25, 0.3) is 0 Å². The van der Waals surface area contributed by atoms with Crippen LogP contribution in [0.3, 0.4) is 0 Å². The number of hydrogen-bond donors (Lipinski definition) is 2. The van der Waals surface area contributed by atoms with Crippen molar-refractivity contribution in [2.24, 2.45) is 5.73 Å². The number of halogens is 2. The predicted octanol–water partition coefficient (Wildman–Crippen LogP) is 3.34. The molecule has 2 rings (SSSR count). The van der Waals surface area contributed by atoms with E-state index in [1.165, 1.54) is 6.07 Å². The molecule has 3 N–H and O–H groups in total. The number of thioether (sulfide) groups is 1. The van der Waals surface area contributed by atoms with Crippen molar-refractivity contribution in [2.75, 3.05) is 5.32 Å². The Morgan fingerprint density at radius 1 is 1.23 bits per heavy atom. The summed E-state index contributed by atoms with van der Waals surface area (Å²) in [7, 11) is 0. The van der Waals surface area contributed by atoms with E-state index in [1.54, 1.807) is 29.6 Å². The molecule has 1 heterocycles. The second-order valence-corrected chi connectivity index (χ2v) is 6.23. The van der Waals surface area contributed by atoms with Gasteiger partial charge in [-0.05, 0) is 29.1 Å². The van der Waals surface area contributed by atoms with Gasteiger partial charge in [-0.3, -0.25) is 9.59 Å². The molecule has 2 aromatic rings. The fraction of sp³-hybridized carbons (Fsp3) is 0.143. The second kappa shape index (κ2) is 7.37. The van der Waals surface area contributed by atoms with Gasteiger partial charge in [-0.2, -0.15) is 8.78 Å². The molecule has 1 aromatic carbocycles. The lowest BCUT2D eigenvalue weighted by atomic mass is 10.1. The van der Waals surface area contributed by atoms with Crippen LogP contribution in [0.2, 0.25) is 0 Å². The van der Waals surface area contributed by atoms with E-state index in [0.717, 1.165) is 16.9 Å². The first kappa shape index (κ1) is 16.4. The van der Waals surface area contributed by atoms with Crippen molar-refractivity contribution in [3.05, 3.63) is 46.2 Å². The van der Waals surface area contributed by atoms with Gasteiger partial charge in [-0.15, -0.1) is 11.3 Å². The number of hydrogen-bond acceptors (Lipinski definition) is 4. The minimum Gasteiger partial charge on any atom is -0.369 e. The first-order valence-corrected chi connectivity index (χ1v) is 7.92. The monoisotopic (exact) mass is 342 g/mol. The van der Waals surface area contributed by atoms with Gasteiger partial charge in [-0.25, -0.2) is 0 Å². The van der Waals surface area contributed by atoms with E-state index in [1.807, 2.05) is 0 Å². The summed E-state index contributed by atoms with van der Waals surface area (Å²) in [5.41, 5.74) is 6.34. The number of carbonyl (C=O) groups is 2. The Balaban J connectivity index is 2.06. The van der Waals surface area contributed by atoms with Crippen molar-refractivity contribution in [3.8, 4) is 0 Å². The Morgan fingerprint density at radius 3 is 2.50 bits per heavy atom. The van der Waals surface area contributed by atoms with Gasteiger partial charge in [0.2, 0.25) is 5.91 Å². The fourth-order valence-corrected chi connectivity index (χ4v) is 3.34. The number of primary amides is 1. The molecule has 0 radical (unpaired) electrons. The predicted molar refractivity (Wildman–Crippen MR) is 83.5 cm³/mol. The minimum atomic E-state index is -2.57. The third kappa shape index (κ3) is 4.54. The van der Waals surface area contributed by atoms with Gasteiger partial charge in [0.25, 0.3) is 11.7 Å². The lowest BCUT2D eigenvalue weighted by Gasteiger charge is -2.06. The van der Waals surface area contributed by atoms with E-state index in [-0.39, 0.29) is 16.2 Å². The molecular weight excluding hydrogens is 330 g/mol. The molecule has 0 aliphatic heterocycles. The SMILES string of the molecule is NC(=O)Cc1ccc(NC(=O)c2sccc2SC(F)F)cc1. The zero-order chi connectivity index (χ0) is 16.1. The van der Waals surface area contributed by atoms with Gasteiger partial charge in [-0.1, -0.05) is 23.9 Å². The number of carbonyl (C=O) groups excluding carboxylic acids is 2. The van der Waals surface area contributed by atoms with Crippen LogP contribution in [0.4, 0.5) is 14.5 Å². The largest absolute Gasteiger partial charge is 0.369 e. The standard InChI is InChI=1S/C14H12F2N2O2S2/c15-14(16)22-10-5-6-21-12(10)13(20)18-9-3-1-8(2-4-9)7-11(17)19/h1-6,14H,7H2,(H2,17,19)(H,18,20). The molecule has 0 bridgehead atoms. The van der Waals surface area contributed by atoms with Gasteiger partial charge < -0.3 is 11.1 Å². The van der Waals surface area contributed by atoms with Crippen LogP contribution in [0.15, 0.2) is 40.6 Å². The van der Waals surface area contributed by atoms with Crippen LogP contribution < -0.4 is 11.1 Å². The molecule has 8 heteroatoms. The van der Waals surface area contributed by atoms with Crippen LogP contribution in [0.1, 0.15) is 15.2 Å². The zero-order valence-electron chi connectivity index (χ0n) is 11.2. The molecule has 4 nitrogen and oxygen atoms in total. The highest BCUT2D eigenvalue weighted by Gasteiger charge is 2.17. The average molecular weight is 342 g/mol. The van der Waals surface area contributed by atoms with Crippen LogP contribution in [0, 0.1) is 0 Å². The van der Waals surface area contributed by atoms with E-state index in [2.05, 4.69) is 5.32 Å². The summed E-state index contributed by atoms with van der Waals surface area (Å²) >= 11 is 1.45. The highest BCUT2D eigenvalue weighted by molar-refractivity contribution is 7.99. The van der Waals surface area contributed by atoms with Gasteiger partial charge in [0.05, 0.1) is 6.42 Å². The Hall–Kier alpha value is -1.93. The van der Waals surface area contributed by atoms with Gasteiger partial charge in [0.15, 0.2) is 0 Å². The van der Waals surface area contributed by atoms with Crippen LogP contribution in [-0.2, 0) is 11.2 Å². The first-order chi connectivity index (χ1) is 10.5. The number of amides is 2. The van der Waals surface area contributed by atoms with E-state index in [0.29, 0.717) is 17.4 Å². The van der Waals surface area contributed by atoms with Gasteiger partial charge >= 0.3 is 0 Å². The van der Waals surface area contributed by atoms with Crippen molar-refractivity contribution in [1.29, 1.82) is 0 Å². The maximum Gasteiger partial charge on any atom is 0.288 e. The van der Waals surface area contributed by atoms with Crippen molar-refractivity contribution in [2.45, 2.75) is 17.1 Å². The molecule has 22 heavy (non-hydrogen) atoms. The van der Waals surface area contributed by atoms with E-state index in [4.69, 9.17) is 5.73 Å². The summed E-state index contributed by atoms with van der Waals surface area (Å²) in [6.45, 7) is 0. The zero-order valence-corrected chi connectivity index (χ0v) is 12.8. The van der Waals surface area contributed by atoms with E-state index >= 15 is 0 Å². The normalized spacial score (nSPS) is 10.7. The molecular formula is C14H12F2N2O2S2. The van der Waals surface area contributed by atoms with Gasteiger partial charge in [0, 0.05) is 10.6 Å². The summed E-state index contributed by atoms with van der Waals surface area (Å²) in [6, 6.07) is 8.09. The molecule has 0 atom stereocenters. The summed E-state index contributed by atoms with van der Waals surface area (Å²) in [6.07, 6.45) is 0.119. The summed E-state index contributed by atoms with van der Waals surface area (Å²) in [5.74, 6) is -3.46. The Bertz CT molecular complexity index is 672. The smallest absolute Gasteiger partial charge is 0.288 e. The topological polar surface area (TPSA) is 72.2 Å². The highest BCUT2D eigenvalue weighted by Crippen LogP contribution is 2.32. The summed E-state index contributed by atoms with van der Waals surface area (Å²) < 4.78 is 24.8. The number of rotatable bonds is 6. The molecule has 0 saturated heterocycles. The van der Waals surface area contributed by atoms with Crippen molar-refractivity contribution in [3.63, 3.8) is 0 Å². The molecule has 0 aliphatic carbocycles. The van der Waals surface area contributed by atoms with E-state index < -0.39 is 17.6 Å². The van der Waals surface area contributed by atoms with Gasteiger partial charge in [0.1, 0.15) is 4.88 Å². The van der Waals surface area contributed by atoms with Crippen molar-refractivity contribution in [1.82, 2.24) is 0 Å². The third-order valence-electron chi connectivity index (χ3n) is 2.64. The molecule has 0 unspecified atom stereocenters. The maximum atomic E-state index is 12.4. The Labute approximate surface area is 133 Å². The van der Waals surface area contributed by atoms with Crippen LogP contribution in [-0.4, -0.2) is 17.6 Å². The van der Waals surface area contributed by atoms with Crippen LogP contribution in [0.5, 0.6) is 0 Å². The second-order valence-electron chi connectivity index (χ2n) is 4.29. The summed E-state index contributed by atoms with van der Waals surface area (Å²) in [4.78, 5) is 23.4. The fourth-order valence-electron chi connectivity index (χ4n) is 1.75. The lowest BCUT2D eigenvalue weighted by molar-refractivity contribution is -0.117. The Morgan fingerprint density at radius 2 is 1.91 bits per heavy atom. The molecule has 0 spiro atoms. The Kier molecular flexibility index (Phi) is 5.51. The molecule has 116 valence electrons. The van der Waals surface area contributed by atoms with Crippen LogP contribution >= 0.6 is 23.1 Å². The first-order valence-electron chi connectivity index (χ1n) is 6.16. The lowest BCUT2D eigenvalue weighted by Crippen LogP contribution is -2.14. The number of thiophene rings is 1. The number of benzene rings is 1. The van der Waals surface area contributed by atoms with Crippen molar-refractivity contribution < 1.29 is 18.4 Å². The quantitative estimate of drug-likeness (QED) is 0.791. The molecule has 0 saturated carbocycles. The number of alkyl halides is 2. The average Bonchev–Trinajstić information content (AvgIpc) is 2.87. The minimum absolute atomic E-state index is 0.119. The van der Waals surface area contributed by atoms with Crippen molar-refractivity contribution >= 4 is 40.6 Å². The molecule has 2 amide bonds. The maximum absolute atomic E-state index is 12.4. The number of anilines is 1. The molecule has 1 aromatic heterocycles. The summed E-state index contributed by atoms with van der Waals surface area (Å²) in [5, 5.41) is 4.23. The number of nitrogens with one attached hydrogen (secondary N) is 1.